The first kappa shape index (κ1) is 16.3. The van der Waals surface area contributed by atoms with Crippen molar-refractivity contribution in [3.05, 3.63) is 41.0 Å². The SMILES string of the molecule is CC(=O)C1=C(C)C2c3ccccc3OC2C2(CC3CCC2C3)C1C(C)=O. The molecular weight excluding hydrogens is 324 g/mol. The summed E-state index contributed by atoms with van der Waals surface area (Å²) >= 11 is 0. The van der Waals surface area contributed by atoms with Gasteiger partial charge in [-0.25, -0.2) is 0 Å². The van der Waals surface area contributed by atoms with Crippen molar-refractivity contribution in [1.82, 2.24) is 0 Å². The molecule has 0 saturated heterocycles. The van der Waals surface area contributed by atoms with Gasteiger partial charge in [-0.1, -0.05) is 30.2 Å². The zero-order valence-corrected chi connectivity index (χ0v) is 15.7. The molecule has 0 amide bonds. The summed E-state index contributed by atoms with van der Waals surface area (Å²) in [5, 5.41) is 0. The van der Waals surface area contributed by atoms with Gasteiger partial charge in [-0.3, -0.25) is 9.59 Å². The number of rotatable bonds is 2. The third-order valence-corrected chi connectivity index (χ3v) is 7.79. The maximum atomic E-state index is 12.9. The van der Waals surface area contributed by atoms with Crippen molar-refractivity contribution in [2.24, 2.45) is 23.2 Å². The fourth-order valence-corrected chi connectivity index (χ4v) is 7.10. The average molecular weight is 350 g/mol. The molecule has 1 aromatic rings. The minimum absolute atomic E-state index is 0.00722. The van der Waals surface area contributed by atoms with E-state index in [4.69, 9.17) is 4.74 Å². The highest BCUT2D eigenvalue weighted by molar-refractivity contribution is 6.02. The predicted octanol–water partition coefficient (Wildman–Crippen LogP) is 4.46. The Morgan fingerprint density at radius 1 is 1.15 bits per heavy atom. The smallest absolute Gasteiger partial charge is 0.156 e. The number of carbonyl (C=O) groups excluding carboxylic acids is 2. The number of hydrogen-bond donors (Lipinski definition) is 0. The lowest BCUT2D eigenvalue weighted by molar-refractivity contribution is -0.134. The average Bonchev–Trinajstić information content (AvgIpc) is 3.29. The summed E-state index contributed by atoms with van der Waals surface area (Å²) in [5.74, 6) is 2.13. The van der Waals surface area contributed by atoms with Crippen molar-refractivity contribution in [1.29, 1.82) is 0 Å². The number of para-hydroxylation sites is 1. The Morgan fingerprint density at radius 2 is 1.92 bits per heavy atom. The van der Waals surface area contributed by atoms with Crippen molar-refractivity contribution in [3.63, 3.8) is 0 Å². The first-order valence-electron chi connectivity index (χ1n) is 9.92. The van der Waals surface area contributed by atoms with Crippen LogP contribution in [0.2, 0.25) is 0 Å². The van der Waals surface area contributed by atoms with E-state index in [1.165, 1.54) is 24.8 Å². The number of hydrogen-bond acceptors (Lipinski definition) is 3. The van der Waals surface area contributed by atoms with Gasteiger partial charge in [0.2, 0.25) is 0 Å². The highest BCUT2D eigenvalue weighted by Gasteiger charge is 2.67. The second kappa shape index (κ2) is 5.31. The normalized spacial score (nSPS) is 39.7. The van der Waals surface area contributed by atoms with E-state index in [0.717, 1.165) is 23.3 Å². The summed E-state index contributed by atoms with van der Waals surface area (Å²) in [4.78, 5) is 25.6. The summed E-state index contributed by atoms with van der Waals surface area (Å²) < 4.78 is 6.58. The third kappa shape index (κ3) is 1.84. The van der Waals surface area contributed by atoms with E-state index in [1.54, 1.807) is 13.8 Å². The minimum atomic E-state index is -0.300. The van der Waals surface area contributed by atoms with Gasteiger partial charge in [-0.15, -0.1) is 0 Å². The standard InChI is InChI=1S/C23H26O3/c1-12-19(13(2)24)21(14(3)25)23(11-15-8-9-16(23)10-15)22-20(12)17-6-4-5-7-18(17)26-22/h4-7,15-16,20-22H,8-11H2,1-3H3. The van der Waals surface area contributed by atoms with Crippen LogP contribution in [-0.4, -0.2) is 17.7 Å². The van der Waals surface area contributed by atoms with E-state index in [2.05, 4.69) is 19.1 Å². The quantitative estimate of drug-likeness (QED) is 0.791. The van der Waals surface area contributed by atoms with Crippen LogP contribution in [0.1, 0.15) is 57.9 Å². The molecule has 1 spiro atoms. The number of ether oxygens (including phenoxy) is 1. The Hall–Kier alpha value is -1.90. The molecule has 0 radical (unpaired) electrons. The van der Waals surface area contributed by atoms with Gasteiger partial charge in [0.15, 0.2) is 5.78 Å². The maximum absolute atomic E-state index is 12.9. The van der Waals surface area contributed by atoms with Crippen LogP contribution in [0, 0.1) is 23.2 Å². The highest BCUT2D eigenvalue weighted by atomic mass is 16.5. The largest absolute Gasteiger partial charge is 0.489 e. The Balaban J connectivity index is 1.78. The summed E-state index contributed by atoms with van der Waals surface area (Å²) in [5.41, 5.74) is 2.82. The monoisotopic (exact) mass is 350 g/mol. The molecule has 3 heteroatoms. The number of carbonyl (C=O) groups is 2. The van der Waals surface area contributed by atoms with Crippen LogP contribution < -0.4 is 4.74 Å². The van der Waals surface area contributed by atoms with Crippen LogP contribution >= 0.6 is 0 Å². The highest BCUT2D eigenvalue weighted by Crippen LogP contribution is 2.69. The molecule has 1 aliphatic heterocycles. The Bertz CT molecular complexity index is 851. The van der Waals surface area contributed by atoms with Crippen LogP contribution in [0.5, 0.6) is 5.75 Å². The number of allylic oxidation sites excluding steroid dienone is 1. The van der Waals surface area contributed by atoms with Crippen molar-refractivity contribution in [2.75, 3.05) is 0 Å². The van der Waals surface area contributed by atoms with E-state index in [0.29, 0.717) is 11.8 Å². The first-order chi connectivity index (χ1) is 12.4. The van der Waals surface area contributed by atoms with E-state index < -0.39 is 0 Å². The molecule has 0 aromatic heterocycles. The molecule has 2 bridgehead atoms. The molecule has 1 aromatic carbocycles. The lowest BCUT2D eigenvalue weighted by atomic mass is 9.51. The number of ketones is 2. The molecule has 6 unspecified atom stereocenters. The zero-order valence-electron chi connectivity index (χ0n) is 15.7. The predicted molar refractivity (Wildman–Crippen MR) is 99.0 cm³/mol. The van der Waals surface area contributed by atoms with Gasteiger partial charge in [0, 0.05) is 22.5 Å². The third-order valence-electron chi connectivity index (χ3n) is 7.79. The second-order valence-electron chi connectivity index (χ2n) is 8.94. The molecule has 6 atom stereocenters. The van der Waals surface area contributed by atoms with E-state index in [1.807, 2.05) is 12.1 Å². The summed E-state index contributed by atoms with van der Waals surface area (Å²) in [7, 11) is 0. The van der Waals surface area contributed by atoms with Gasteiger partial charge >= 0.3 is 0 Å². The van der Waals surface area contributed by atoms with E-state index in [-0.39, 0.29) is 34.9 Å². The van der Waals surface area contributed by atoms with Crippen molar-refractivity contribution in [2.45, 2.75) is 58.5 Å². The van der Waals surface area contributed by atoms with E-state index in [9.17, 15) is 9.59 Å². The molecule has 26 heavy (non-hydrogen) atoms. The Kier molecular flexibility index (Phi) is 3.33. The van der Waals surface area contributed by atoms with Gasteiger partial charge in [0.1, 0.15) is 17.6 Å². The number of fused-ring (bicyclic) bond motifs is 7. The lowest BCUT2D eigenvalue weighted by Crippen LogP contribution is -2.56. The number of benzene rings is 1. The fraction of sp³-hybridized carbons (Fsp3) is 0.565. The number of Topliss-reactive ketones (excluding diaryl/α,β-unsaturated/α-hetero) is 2. The van der Waals surface area contributed by atoms with Gasteiger partial charge in [-0.2, -0.15) is 0 Å². The van der Waals surface area contributed by atoms with Crippen molar-refractivity contribution < 1.29 is 14.3 Å². The zero-order chi connectivity index (χ0) is 18.2. The second-order valence-corrected chi connectivity index (χ2v) is 8.94. The molecule has 4 aliphatic rings. The molecule has 2 fully saturated rings. The topological polar surface area (TPSA) is 43.4 Å². The van der Waals surface area contributed by atoms with Crippen LogP contribution in [0.4, 0.5) is 0 Å². The molecule has 5 rings (SSSR count). The molecule has 1 heterocycles. The Labute approximate surface area is 154 Å². The van der Waals surface area contributed by atoms with Crippen molar-refractivity contribution >= 4 is 11.6 Å². The summed E-state index contributed by atoms with van der Waals surface area (Å²) in [6, 6.07) is 8.24. The van der Waals surface area contributed by atoms with E-state index >= 15 is 0 Å². The first-order valence-corrected chi connectivity index (χ1v) is 9.92. The maximum Gasteiger partial charge on any atom is 0.156 e. The Morgan fingerprint density at radius 3 is 2.54 bits per heavy atom. The van der Waals surface area contributed by atoms with Gasteiger partial charge < -0.3 is 4.74 Å². The fourth-order valence-electron chi connectivity index (χ4n) is 7.10. The van der Waals surface area contributed by atoms with Gasteiger partial charge in [0.25, 0.3) is 0 Å². The van der Waals surface area contributed by atoms with Crippen LogP contribution in [0.25, 0.3) is 0 Å². The van der Waals surface area contributed by atoms with Crippen LogP contribution in [-0.2, 0) is 9.59 Å². The molecule has 2 saturated carbocycles. The molecule has 0 N–H and O–H groups in total. The molecule has 3 nitrogen and oxygen atoms in total. The molecule has 3 aliphatic carbocycles. The van der Waals surface area contributed by atoms with Gasteiger partial charge in [-0.05, 0) is 57.9 Å². The van der Waals surface area contributed by atoms with Crippen LogP contribution in [0.15, 0.2) is 35.4 Å². The minimum Gasteiger partial charge on any atom is -0.489 e. The lowest BCUT2D eigenvalue weighted by Gasteiger charge is -2.52. The molecular formula is C23H26O3. The van der Waals surface area contributed by atoms with Gasteiger partial charge in [0.05, 0.1) is 5.92 Å². The van der Waals surface area contributed by atoms with Crippen LogP contribution in [0.3, 0.4) is 0 Å². The molecule has 136 valence electrons. The van der Waals surface area contributed by atoms with Crippen molar-refractivity contribution in [3.8, 4) is 5.75 Å². The summed E-state index contributed by atoms with van der Waals surface area (Å²) in [6.07, 6.45) is 4.64. The summed E-state index contributed by atoms with van der Waals surface area (Å²) in [6.45, 7) is 5.37.